The quantitative estimate of drug-likeness (QED) is 0.518. The molecule has 0 radical (unpaired) electrons. The first-order chi connectivity index (χ1) is 10.7. The lowest BCUT2D eigenvalue weighted by atomic mass is 9.93. The van der Waals surface area contributed by atoms with Crippen LogP contribution < -0.4 is 10.5 Å². The van der Waals surface area contributed by atoms with E-state index in [1.54, 1.807) is 6.07 Å². The molecule has 4 N–H and O–H groups in total. The average Bonchev–Trinajstić information content (AvgIpc) is 2.50. The number of piperidine rings is 1. The van der Waals surface area contributed by atoms with Crippen LogP contribution in [0.1, 0.15) is 12.8 Å². The van der Waals surface area contributed by atoms with Crippen molar-refractivity contribution >= 4 is 43.4 Å². The maximum absolute atomic E-state index is 13.8. The lowest BCUT2D eigenvalue weighted by Crippen LogP contribution is -2.44. The molecule has 23 heavy (non-hydrogen) atoms. The van der Waals surface area contributed by atoms with Crippen molar-refractivity contribution in [3.05, 3.63) is 28.5 Å². The number of benzene rings is 1. The fourth-order valence-electron chi connectivity index (χ4n) is 2.37. The number of nitrogens with zero attached hydrogens (tertiary/aromatic N) is 1. The molecule has 1 heterocycles. The summed E-state index contributed by atoms with van der Waals surface area (Å²) in [6, 6.07) is 4.51. The van der Waals surface area contributed by atoms with Crippen molar-refractivity contribution in [2.75, 3.05) is 18.4 Å². The van der Waals surface area contributed by atoms with Gasteiger partial charge in [-0.25, -0.2) is 9.53 Å². The number of anilines is 1. The van der Waals surface area contributed by atoms with Crippen molar-refractivity contribution in [1.29, 1.82) is 5.41 Å². The first-order valence-electron chi connectivity index (χ1n) is 6.82. The number of halogens is 2. The molecule has 126 valence electrons. The molecule has 0 spiro atoms. The van der Waals surface area contributed by atoms with Crippen molar-refractivity contribution in [3.63, 3.8) is 0 Å². The summed E-state index contributed by atoms with van der Waals surface area (Å²) in [4.78, 5) is 12.2. The van der Waals surface area contributed by atoms with Crippen LogP contribution in [0.15, 0.2) is 22.7 Å². The number of carbonyl (C=O) groups is 1. The Hall–Kier alpha value is -1.36. The Morgan fingerprint density at radius 1 is 1.39 bits per heavy atom. The lowest BCUT2D eigenvalue weighted by molar-refractivity contribution is -0.117. The van der Waals surface area contributed by atoms with Crippen LogP contribution in [0.2, 0.25) is 0 Å². The van der Waals surface area contributed by atoms with Gasteiger partial charge < -0.3 is 5.32 Å². The molecule has 10 heteroatoms. The van der Waals surface area contributed by atoms with Crippen molar-refractivity contribution in [1.82, 2.24) is 4.31 Å². The fraction of sp³-hybridized carbons (Fsp3) is 0.385. The first-order valence-corrected chi connectivity index (χ1v) is 9.11. The van der Waals surface area contributed by atoms with Gasteiger partial charge >= 0.3 is 0 Å². The van der Waals surface area contributed by atoms with Gasteiger partial charge in [-0.15, -0.1) is 0 Å². The molecule has 1 fully saturated rings. The highest BCUT2D eigenvalue weighted by Gasteiger charge is 2.31. The molecule has 0 saturated carbocycles. The predicted octanol–water partition coefficient (Wildman–Crippen LogP) is 1.46. The van der Waals surface area contributed by atoms with E-state index in [9.17, 15) is 17.6 Å². The smallest absolute Gasteiger partial charge is 0.276 e. The molecule has 0 aromatic heterocycles. The van der Waals surface area contributed by atoms with Crippen LogP contribution >= 0.6 is 15.9 Å². The second kappa shape index (κ2) is 7.04. The minimum Gasteiger partial charge on any atom is -0.335 e. The summed E-state index contributed by atoms with van der Waals surface area (Å²) < 4.78 is 37.6. The molecule has 2 rings (SSSR count). The van der Waals surface area contributed by atoms with Crippen LogP contribution in [-0.2, 0) is 15.0 Å². The van der Waals surface area contributed by atoms with Crippen LogP contribution in [0.25, 0.3) is 0 Å². The number of hydrogen-bond acceptors (Lipinski definition) is 4. The average molecular weight is 407 g/mol. The monoisotopic (exact) mass is 406 g/mol. The van der Waals surface area contributed by atoms with E-state index in [1.807, 2.05) is 0 Å². The Labute approximate surface area is 141 Å². The number of nitrogens with two attached hydrogens (primary N) is 1. The molecule has 1 aliphatic heterocycles. The standard InChI is InChI=1S/C13H16BrFN4O3S/c14-9-2-1-3-10(11(9)15)18-13(16)12(20)8-4-6-19(7-5-8)23(17,21)22/h1-3,8H,4-7H2,(H2,16,18)(H2,17,21,22). The van der Waals surface area contributed by atoms with Crippen LogP contribution in [0.4, 0.5) is 10.1 Å². The van der Waals surface area contributed by atoms with E-state index >= 15 is 0 Å². The van der Waals surface area contributed by atoms with E-state index in [-0.39, 0.29) is 36.1 Å². The molecular weight excluding hydrogens is 391 g/mol. The Bertz CT molecular complexity index is 733. The Morgan fingerprint density at radius 3 is 2.57 bits per heavy atom. The lowest BCUT2D eigenvalue weighted by Gasteiger charge is -2.29. The molecule has 1 aliphatic rings. The highest BCUT2D eigenvalue weighted by atomic mass is 79.9. The zero-order valence-corrected chi connectivity index (χ0v) is 14.5. The number of carbonyl (C=O) groups excluding carboxylic acids is 1. The van der Waals surface area contributed by atoms with Gasteiger partial charge in [-0.2, -0.15) is 12.7 Å². The van der Waals surface area contributed by atoms with Crippen molar-refractivity contribution < 1.29 is 17.6 Å². The molecule has 0 amide bonds. The summed E-state index contributed by atoms with van der Waals surface area (Å²) in [7, 11) is -3.76. The van der Waals surface area contributed by atoms with Gasteiger partial charge in [0.25, 0.3) is 10.2 Å². The predicted molar refractivity (Wildman–Crippen MR) is 87.9 cm³/mol. The van der Waals surface area contributed by atoms with E-state index in [1.165, 1.54) is 12.1 Å². The highest BCUT2D eigenvalue weighted by Crippen LogP contribution is 2.24. The number of rotatable bonds is 4. The Kier molecular flexibility index (Phi) is 5.50. The number of ketones is 1. The van der Waals surface area contributed by atoms with Crippen molar-refractivity contribution in [2.24, 2.45) is 11.1 Å². The number of nitrogens with one attached hydrogen (secondary N) is 2. The zero-order valence-electron chi connectivity index (χ0n) is 12.1. The largest absolute Gasteiger partial charge is 0.335 e. The van der Waals surface area contributed by atoms with Gasteiger partial charge in [-0.3, -0.25) is 10.2 Å². The normalized spacial score (nSPS) is 17.0. The second-order valence-electron chi connectivity index (χ2n) is 5.18. The van der Waals surface area contributed by atoms with Crippen LogP contribution in [0, 0.1) is 17.1 Å². The third-order valence-corrected chi connectivity index (χ3v) is 5.34. The number of Topliss-reactive ketones (excluding diaryl/α,β-unsaturated/α-hetero) is 1. The van der Waals surface area contributed by atoms with E-state index in [2.05, 4.69) is 21.2 Å². The van der Waals surface area contributed by atoms with E-state index in [0.29, 0.717) is 0 Å². The molecule has 7 nitrogen and oxygen atoms in total. The van der Waals surface area contributed by atoms with Gasteiger partial charge in [0, 0.05) is 19.0 Å². The van der Waals surface area contributed by atoms with E-state index in [4.69, 9.17) is 10.5 Å². The fourth-order valence-corrected chi connectivity index (χ4v) is 3.46. The first kappa shape index (κ1) is 18.0. The topological polar surface area (TPSA) is 116 Å². The van der Waals surface area contributed by atoms with Gasteiger partial charge in [-0.1, -0.05) is 6.07 Å². The van der Waals surface area contributed by atoms with E-state index < -0.39 is 33.6 Å². The van der Waals surface area contributed by atoms with Crippen LogP contribution in [0.5, 0.6) is 0 Å². The maximum atomic E-state index is 13.8. The van der Waals surface area contributed by atoms with Gasteiger partial charge in [-0.05, 0) is 40.9 Å². The molecule has 1 aromatic carbocycles. The summed E-state index contributed by atoms with van der Waals surface area (Å²) in [5.41, 5.74) is 0.0275. The van der Waals surface area contributed by atoms with E-state index in [0.717, 1.165) is 4.31 Å². The van der Waals surface area contributed by atoms with Crippen molar-refractivity contribution in [2.45, 2.75) is 12.8 Å². The highest BCUT2D eigenvalue weighted by molar-refractivity contribution is 9.10. The summed E-state index contributed by atoms with van der Waals surface area (Å²) >= 11 is 3.03. The molecule has 0 bridgehead atoms. The van der Waals surface area contributed by atoms with Crippen LogP contribution in [-0.4, -0.2) is 37.4 Å². The van der Waals surface area contributed by atoms with Gasteiger partial charge in [0.2, 0.25) is 5.78 Å². The minimum atomic E-state index is -3.76. The Balaban J connectivity index is 1.99. The van der Waals surface area contributed by atoms with Gasteiger partial charge in [0.05, 0.1) is 10.2 Å². The SMILES string of the molecule is N=C(Nc1cccc(Br)c1F)C(=O)C1CCN(S(N)(=O)=O)CC1. The van der Waals surface area contributed by atoms with Crippen molar-refractivity contribution in [3.8, 4) is 0 Å². The molecule has 0 aliphatic carbocycles. The van der Waals surface area contributed by atoms with Gasteiger partial charge in [0.1, 0.15) is 0 Å². The second-order valence-corrected chi connectivity index (χ2v) is 7.58. The van der Waals surface area contributed by atoms with Gasteiger partial charge in [0.15, 0.2) is 11.7 Å². The zero-order chi connectivity index (χ0) is 17.2. The molecular formula is C13H16BrFN4O3S. The third kappa shape index (κ3) is 4.34. The third-order valence-electron chi connectivity index (χ3n) is 3.64. The molecule has 1 aromatic rings. The molecule has 1 saturated heterocycles. The summed E-state index contributed by atoms with van der Waals surface area (Å²) in [6.07, 6.45) is 0.556. The summed E-state index contributed by atoms with van der Waals surface area (Å²) in [5, 5.41) is 15.3. The summed E-state index contributed by atoms with van der Waals surface area (Å²) in [6.45, 7) is 0.265. The summed E-state index contributed by atoms with van der Waals surface area (Å²) in [5.74, 6) is -1.97. The maximum Gasteiger partial charge on any atom is 0.276 e. The van der Waals surface area contributed by atoms with Crippen LogP contribution in [0.3, 0.4) is 0 Å². The number of amidine groups is 1. The molecule has 0 atom stereocenters. The number of hydrogen-bond donors (Lipinski definition) is 3. The minimum absolute atomic E-state index is 0.0275. The Morgan fingerprint density at radius 2 is 2.00 bits per heavy atom. The molecule has 0 unspecified atom stereocenters.